The Labute approximate surface area is 116 Å². The third-order valence-corrected chi connectivity index (χ3v) is 3.94. The van der Waals surface area contributed by atoms with Gasteiger partial charge in [0.2, 0.25) is 0 Å². The fourth-order valence-electron chi connectivity index (χ4n) is 1.70. The van der Waals surface area contributed by atoms with Gasteiger partial charge in [0.15, 0.2) is 0 Å². The maximum absolute atomic E-state index is 4.36. The highest BCUT2D eigenvalue weighted by Gasteiger charge is 2.08. The maximum atomic E-state index is 4.36. The van der Waals surface area contributed by atoms with Gasteiger partial charge in [0.1, 0.15) is 0 Å². The van der Waals surface area contributed by atoms with Crippen molar-refractivity contribution in [1.82, 2.24) is 4.98 Å². The lowest BCUT2D eigenvalue weighted by atomic mass is 10.1. The number of pyridine rings is 1. The van der Waals surface area contributed by atoms with E-state index in [0.717, 1.165) is 5.69 Å². The van der Waals surface area contributed by atoms with Crippen LogP contribution in [0.3, 0.4) is 0 Å². The van der Waals surface area contributed by atoms with E-state index in [9.17, 15) is 0 Å². The van der Waals surface area contributed by atoms with E-state index < -0.39 is 0 Å². The smallest absolute Gasteiger partial charge is 0.0657 e. The highest BCUT2D eigenvalue weighted by Crippen LogP contribution is 2.24. The molecule has 1 unspecified atom stereocenters. The van der Waals surface area contributed by atoms with Crippen LogP contribution in [0.4, 0.5) is 5.69 Å². The predicted octanol–water partition coefficient (Wildman–Crippen LogP) is 4.17. The Balaban J connectivity index is 2.19. The van der Waals surface area contributed by atoms with Gasteiger partial charge in [-0.1, -0.05) is 12.1 Å². The molecule has 17 heavy (non-hydrogen) atoms. The lowest BCUT2D eigenvalue weighted by Gasteiger charge is -2.17. The minimum absolute atomic E-state index is 0.216. The van der Waals surface area contributed by atoms with Crippen LogP contribution in [0.15, 0.2) is 42.6 Å². The fourth-order valence-corrected chi connectivity index (χ4v) is 2.20. The number of nitrogens with one attached hydrogen (secondary N) is 1. The molecule has 0 aliphatic heterocycles. The van der Waals surface area contributed by atoms with E-state index >= 15 is 0 Å². The summed E-state index contributed by atoms with van der Waals surface area (Å²) >= 11 is 2.36. The summed E-state index contributed by atoms with van der Waals surface area (Å²) in [5.41, 5.74) is 3.52. The van der Waals surface area contributed by atoms with E-state index in [1.807, 2.05) is 24.4 Å². The number of halogens is 1. The lowest BCUT2D eigenvalue weighted by Crippen LogP contribution is -2.09. The molecule has 0 aliphatic carbocycles. The van der Waals surface area contributed by atoms with Gasteiger partial charge in [0.25, 0.3) is 0 Å². The van der Waals surface area contributed by atoms with E-state index in [1.165, 1.54) is 14.8 Å². The van der Waals surface area contributed by atoms with Gasteiger partial charge in [0, 0.05) is 15.5 Å². The van der Waals surface area contributed by atoms with Gasteiger partial charge < -0.3 is 5.32 Å². The fraction of sp³-hybridized carbons (Fsp3) is 0.214. The summed E-state index contributed by atoms with van der Waals surface area (Å²) in [6.07, 6.45) is 1.83. The summed E-state index contributed by atoms with van der Waals surface area (Å²) in [4.78, 5) is 4.36. The summed E-state index contributed by atoms with van der Waals surface area (Å²) in [5.74, 6) is 0. The van der Waals surface area contributed by atoms with Crippen molar-refractivity contribution in [2.24, 2.45) is 0 Å². The van der Waals surface area contributed by atoms with Gasteiger partial charge in [-0.05, 0) is 66.3 Å². The van der Waals surface area contributed by atoms with Crippen LogP contribution < -0.4 is 5.32 Å². The van der Waals surface area contributed by atoms with Crippen molar-refractivity contribution in [2.45, 2.75) is 19.9 Å². The highest BCUT2D eigenvalue weighted by atomic mass is 127. The minimum Gasteiger partial charge on any atom is -0.377 e. The molecule has 0 saturated carbocycles. The van der Waals surface area contributed by atoms with Gasteiger partial charge in [-0.2, -0.15) is 0 Å². The average molecular weight is 338 g/mol. The molecule has 1 N–H and O–H groups in total. The van der Waals surface area contributed by atoms with Crippen molar-refractivity contribution in [3.05, 3.63) is 57.4 Å². The number of nitrogens with zero attached hydrogens (tertiary/aromatic N) is 1. The third-order valence-electron chi connectivity index (χ3n) is 2.77. The summed E-state index contributed by atoms with van der Waals surface area (Å²) in [7, 11) is 0. The molecular formula is C14H15IN2. The molecular weight excluding hydrogens is 323 g/mol. The first kappa shape index (κ1) is 12.4. The second kappa shape index (κ2) is 5.49. The summed E-state index contributed by atoms with van der Waals surface area (Å²) < 4.78 is 1.28. The van der Waals surface area contributed by atoms with Crippen LogP contribution >= 0.6 is 22.6 Å². The van der Waals surface area contributed by atoms with Gasteiger partial charge in [-0.3, -0.25) is 4.98 Å². The Morgan fingerprint density at radius 2 is 2.00 bits per heavy atom. The number of anilines is 1. The largest absolute Gasteiger partial charge is 0.377 e. The van der Waals surface area contributed by atoms with Crippen molar-refractivity contribution in [1.29, 1.82) is 0 Å². The Morgan fingerprint density at radius 1 is 1.18 bits per heavy atom. The number of rotatable bonds is 3. The average Bonchev–Trinajstić information content (AvgIpc) is 2.36. The van der Waals surface area contributed by atoms with Crippen molar-refractivity contribution >= 4 is 28.3 Å². The molecule has 0 aliphatic rings. The quantitative estimate of drug-likeness (QED) is 0.850. The standard InChI is InChI=1S/C14H15IN2/c1-10-12(15)6-5-8-13(10)17-11(2)14-7-3-4-9-16-14/h3-9,11,17H,1-2H3. The second-order valence-electron chi connectivity index (χ2n) is 4.03. The van der Waals surface area contributed by atoms with Crippen LogP contribution in [0.1, 0.15) is 24.2 Å². The first-order chi connectivity index (χ1) is 8.18. The first-order valence-electron chi connectivity index (χ1n) is 5.61. The molecule has 1 heterocycles. The number of hydrogen-bond acceptors (Lipinski definition) is 2. The maximum Gasteiger partial charge on any atom is 0.0657 e. The minimum atomic E-state index is 0.216. The molecule has 3 heteroatoms. The van der Waals surface area contributed by atoms with E-state index in [2.05, 4.69) is 64.9 Å². The molecule has 1 aromatic heterocycles. The van der Waals surface area contributed by atoms with Gasteiger partial charge in [0.05, 0.1) is 11.7 Å². The topological polar surface area (TPSA) is 24.9 Å². The third kappa shape index (κ3) is 2.97. The molecule has 0 fully saturated rings. The van der Waals surface area contributed by atoms with Crippen LogP contribution in [0, 0.1) is 10.5 Å². The molecule has 2 nitrogen and oxygen atoms in total. The highest BCUT2D eigenvalue weighted by molar-refractivity contribution is 14.1. The zero-order valence-electron chi connectivity index (χ0n) is 9.94. The Hall–Kier alpha value is -1.10. The van der Waals surface area contributed by atoms with E-state index in [4.69, 9.17) is 0 Å². The van der Waals surface area contributed by atoms with E-state index in [1.54, 1.807) is 0 Å². The SMILES string of the molecule is Cc1c(I)cccc1NC(C)c1ccccn1. The van der Waals surface area contributed by atoms with E-state index in [0.29, 0.717) is 0 Å². The molecule has 0 spiro atoms. The monoisotopic (exact) mass is 338 g/mol. The summed E-state index contributed by atoms with van der Waals surface area (Å²) in [6.45, 7) is 4.26. The normalized spacial score (nSPS) is 12.2. The Kier molecular flexibility index (Phi) is 3.99. The number of hydrogen-bond donors (Lipinski definition) is 1. The number of benzene rings is 1. The molecule has 0 saturated heterocycles. The molecule has 0 radical (unpaired) electrons. The van der Waals surface area contributed by atoms with Crippen molar-refractivity contribution < 1.29 is 0 Å². The van der Waals surface area contributed by atoms with Crippen LogP contribution in [0.2, 0.25) is 0 Å². The van der Waals surface area contributed by atoms with Gasteiger partial charge >= 0.3 is 0 Å². The van der Waals surface area contributed by atoms with Crippen LogP contribution in [0.25, 0.3) is 0 Å². The van der Waals surface area contributed by atoms with E-state index in [-0.39, 0.29) is 6.04 Å². The van der Waals surface area contributed by atoms with Crippen molar-refractivity contribution in [3.63, 3.8) is 0 Å². The molecule has 88 valence electrons. The first-order valence-corrected chi connectivity index (χ1v) is 6.69. The molecule has 0 bridgehead atoms. The zero-order valence-corrected chi connectivity index (χ0v) is 12.1. The van der Waals surface area contributed by atoms with Gasteiger partial charge in [-0.25, -0.2) is 0 Å². The van der Waals surface area contributed by atoms with Crippen molar-refractivity contribution in [3.8, 4) is 0 Å². The zero-order chi connectivity index (χ0) is 12.3. The predicted molar refractivity (Wildman–Crippen MR) is 80.2 cm³/mol. The Bertz CT molecular complexity index is 497. The molecule has 1 aromatic carbocycles. The van der Waals surface area contributed by atoms with Crippen molar-refractivity contribution in [2.75, 3.05) is 5.32 Å². The van der Waals surface area contributed by atoms with Crippen LogP contribution in [-0.4, -0.2) is 4.98 Å². The van der Waals surface area contributed by atoms with Gasteiger partial charge in [-0.15, -0.1) is 0 Å². The number of aromatic nitrogens is 1. The summed E-state index contributed by atoms with van der Waals surface area (Å²) in [6, 6.07) is 12.5. The molecule has 2 aromatic rings. The molecule has 0 amide bonds. The second-order valence-corrected chi connectivity index (χ2v) is 5.20. The molecule has 2 rings (SSSR count). The lowest BCUT2D eigenvalue weighted by molar-refractivity contribution is 0.837. The van der Waals surface area contributed by atoms with Crippen LogP contribution in [-0.2, 0) is 0 Å². The summed E-state index contributed by atoms with van der Waals surface area (Å²) in [5, 5.41) is 3.50. The van der Waals surface area contributed by atoms with Crippen LogP contribution in [0.5, 0.6) is 0 Å². The Morgan fingerprint density at radius 3 is 2.71 bits per heavy atom. The molecule has 1 atom stereocenters.